The highest BCUT2D eigenvalue weighted by molar-refractivity contribution is 5.77. The van der Waals surface area contributed by atoms with Crippen molar-refractivity contribution >= 4 is 5.57 Å². The van der Waals surface area contributed by atoms with E-state index in [4.69, 9.17) is 9.47 Å². The summed E-state index contributed by atoms with van der Waals surface area (Å²) in [7, 11) is 0. The van der Waals surface area contributed by atoms with Crippen molar-refractivity contribution in [1.82, 2.24) is 0 Å². The Morgan fingerprint density at radius 1 is 0.920 bits per heavy atom. The molecule has 1 unspecified atom stereocenters. The predicted molar refractivity (Wildman–Crippen MR) is 89.4 cm³/mol. The summed E-state index contributed by atoms with van der Waals surface area (Å²) in [5.74, 6) is 0.393. The lowest BCUT2D eigenvalue weighted by atomic mass is 9.97. The van der Waals surface area contributed by atoms with Gasteiger partial charge in [0.25, 0.3) is 0 Å². The number of ether oxygens (including phenoxy) is 2. The smallest absolute Gasteiger partial charge is 0.392 e. The topological polar surface area (TPSA) is 18.5 Å². The normalized spacial score (nSPS) is 17.3. The molecule has 1 atom stereocenters. The lowest BCUT2D eigenvalue weighted by Gasteiger charge is -2.26. The van der Waals surface area contributed by atoms with Crippen LogP contribution in [0.4, 0.5) is 13.2 Å². The van der Waals surface area contributed by atoms with Crippen molar-refractivity contribution in [2.45, 2.75) is 18.7 Å². The minimum absolute atomic E-state index is 0.393. The quantitative estimate of drug-likeness (QED) is 0.696. The van der Waals surface area contributed by atoms with Gasteiger partial charge in [0.15, 0.2) is 6.10 Å². The molecule has 0 spiro atoms. The van der Waals surface area contributed by atoms with Gasteiger partial charge >= 0.3 is 6.18 Å². The first-order chi connectivity index (χ1) is 12.0. The van der Waals surface area contributed by atoms with Crippen LogP contribution in [0.2, 0.25) is 0 Å². The standard InChI is InChI=1S/C20H17F3O2/c21-20(22,23)12-14-25-19-17(15-7-3-1-4-8-15)11-13-24-18(19)16-9-5-2-6-10-16/h1-11,13,18H,12,14H2. The van der Waals surface area contributed by atoms with E-state index in [0.717, 1.165) is 16.7 Å². The van der Waals surface area contributed by atoms with Crippen molar-refractivity contribution < 1.29 is 22.6 Å². The van der Waals surface area contributed by atoms with Gasteiger partial charge in [0, 0.05) is 5.57 Å². The molecule has 2 aromatic rings. The van der Waals surface area contributed by atoms with Crippen molar-refractivity contribution in [2.24, 2.45) is 0 Å². The number of hydrogen-bond donors (Lipinski definition) is 0. The summed E-state index contributed by atoms with van der Waals surface area (Å²) in [6, 6.07) is 18.7. The van der Waals surface area contributed by atoms with Gasteiger partial charge in [0.2, 0.25) is 0 Å². The molecule has 0 aromatic heterocycles. The van der Waals surface area contributed by atoms with Gasteiger partial charge in [0.05, 0.1) is 19.3 Å². The van der Waals surface area contributed by atoms with Crippen LogP contribution in [0.1, 0.15) is 23.7 Å². The second-order valence-corrected chi connectivity index (χ2v) is 5.59. The van der Waals surface area contributed by atoms with E-state index in [2.05, 4.69) is 0 Å². The van der Waals surface area contributed by atoms with Crippen molar-refractivity contribution in [1.29, 1.82) is 0 Å². The first-order valence-corrected chi connectivity index (χ1v) is 7.91. The van der Waals surface area contributed by atoms with Crippen molar-refractivity contribution in [3.05, 3.63) is 89.9 Å². The van der Waals surface area contributed by atoms with Crippen LogP contribution in [0.3, 0.4) is 0 Å². The Bertz CT molecular complexity index is 750. The van der Waals surface area contributed by atoms with Crippen molar-refractivity contribution in [2.75, 3.05) is 6.61 Å². The lowest BCUT2D eigenvalue weighted by molar-refractivity contribution is -0.143. The fourth-order valence-electron chi connectivity index (χ4n) is 2.62. The summed E-state index contributed by atoms with van der Waals surface area (Å²) >= 11 is 0. The summed E-state index contributed by atoms with van der Waals surface area (Å²) in [6.45, 7) is -0.449. The fourth-order valence-corrected chi connectivity index (χ4v) is 2.62. The van der Waals surface area contributed by atoms with Crippen LogP contribution in [-0.4, -0.2) is 12.8 Å². The van der Waals surface area contributed by atoms with Crippen molar-refractivity contribution in [3.8, 4) is 0 Å². The van der Waals surface area contributed by atoms with Gasteiger partial charge in [-0.2, -0.15) is 13.2 Å². The number of benzene rings is 2. The number of allylic oxidation sites excluding steroid dienone is 2. The Labute approximate surface area is 144 Å². The highest BCUT2D eigenvalue weighted by Crippen LogP contribution is 2.37. The van der Waals surface area contributed by atoms with Gasteiger partial charge in [-0.05, 0) is 17.2 Å². The molecule has 0 fully saturated rings. The van der Waals surface area contributed by atoms with Crippen LogP contribution in [-0.2, 0) is 9.47 Å². The van der Waals surface area contributed by atoms with Crippen molar-refractivity contribution in [3.63, 3.8) is 0 Å². The minimum atomic E-state index is -4.26. The van der Waals surface area contributed by atoms with E-state index in [1.807, 2.05) is 60.7 Å². The van der Waals surface area contributed by atoms with Crippen LogP contribution in [0.5, 0.6) is 0 Å². The highest BCUT2D eigenvalue weighted by atomic mass is 19.4. The summed E-state index contributed by atoms with van der Waals surface area (Å²) in [4.78, 5) is 0. The van der Waals surface area contributed by atoms with Crippen LogP contribution >= 0.6 is 0 Å². The third-order valence-corrected chi connectivity index (χ3v) is 3.78. The molecule has 0 amide bonds. The minimum Gasteiger partial charge on any atom is -0.493 e. The monoisotopic (exact) mass is 346 g/mol. The molecule has 5 heteroatoms. The Kier molecular flexibility index (Phi) is 5.12. The molecular weight excluding hydrogens is 329 g/mol. The van der Waals surface area contributed by atoms with E-state index < -0.39 is 25.3 Å². The average Bonchev–Trinajstić information content (AvgIpc) is 2.62. The number of halogens is 3. The predicted octanol–water partition coefficient (Wildman–Crippen LogP) is 5.65. The van der Waals surface area contributed by atoms with Crippen LogP contribution < -0.4 is 0 Å². The molecule has 0 radical (unpaired) electrons. The summed E-state index contributed by atoms with van der Waals surface area (Å²) in [5.41, 5.74) is 2.41. The SMILES string of the molecule is FC(F)(F)CCOC1=C(c2ccccc2)C=COC1c1ccccc1. The molecule has 3 rings (SSSR count). The van der Waals surface area contributed by atoms with Gasteiger partial charge in [-0.25, -0.2) is 0 Å². The van der Waals surface area contributed by atoms with Crippen LogP contribution in [0.15, 0.2) is 78.8 Å². The summed E-state index contributed by atoms with van der Waals surface area (Å²) < 4.78 is 48.8. The Hall–Kier alpha value is -2.69. The molecule has 1 aliphatic heterocycles. The number of hydrogen-bond acceptors (Lipinski definition) is 2. The van der Waals surface area contributed by atoms with Gasteiger partial charge in [-0.1, -0.05) is 60.7 Å². The molecule has 2 nitrogen and oxygen atoms in total. The fraction of sp³-hybridized carbons (Fsp3) is 0.200. The first-order valence-electron chi connectivity index (χ1n) is 7.91. The zero-order valence-corrected chi connectivity index (χ0v) is 13.4. The molecule has 0 aliphatic carbocycles. The Balaban J connectivity index is 1.95. The first kappa shape index (κ1) is 17.1. The highest BCUT2D eigenvalue weighted by Gasteiger charge is 2.30. The maximum absolute atomic E-state index is 12.5. The molecule has 0 N–H and O–H groups in total. The van der Waals surface area contributed by atoms with E-state index in [-0.39, 0.29) is 0 Å². The summed E-state index contributed by atoms with van der Waals surface area (Å²) in [5, 5.41) is 0. The Morgan fingerprint density at radius 3 is 2.20 bits per heavy atom. The van der Waals surface area contributed by atoms with Crippen LogP contribution in [0, 0.1) is 0 Å². The molecular formula is C20H17F3O2. The van der Waals surface area contributed by atoms with E-state index in [1.54, 1.807) is 12.3 Å². The van der Waals surface area contributed by atoms with E-state index >= 15 is 0 Å². The molecule has 0 bridgehead atoms. The molecule has 130 valence electrons. The molecule has 1 heterocycles. The molecule has 25 heavy (non-hydrogen) atoms. The zero-order chi connectivity index (χ0) is 17.7. The van der Waals surface area contributed by atoms with Gasteiger partial charge in [-0.15, -0.1) is 0 Å². The maximum atomic E-state index is 12.5. The number of rotatable bonds is 5. The molecule has 0 saturated carbocycles. The van der Waals surface area contributed by atoms with Crippen LogP contribution in [0.25, 0.3) is 5.57 Å². The third-order valence-electron chi connectivity index (χ3n) is 3.78. The zero-order valence-electron chi connectivity index (χ0n) is 13.4. The van der Waals surface area contributed by atoms with Gasteiger partial charge < -0.3 is 9.47 Å². The molecule has 0 saturated heterocycles. The third kappa shape index (κ3) is 4.44. The van der Waals surface area contributed by atoms with E-state index in [1.165, 1.54) is 0 Å². The van der Waals surface area contributed by atoms with E-state index in [0.29, 0.717) is 5.76 Å². The lowest BCUT2D eigenvalue weighted by Crippen LogP contribution is -2.17. The largest absolute Gasteiger partial charge is 0.493 e. The Morgan fingerprint density at radius 2 is 1.56 bits per heavy atom. The van der Waals surface area contributed by atoms with Gasteiger partial charge in [0.1, 0.15) is 5.76 Å². The molecule has 1 aliphatic rings. The second-order valence-electron chi connectivity index (χ2n) is 5.59. The summed E-state index contributed by atoms with van der Waals surface area (Å²) in [6.07, 6.45) is -2.58. The van der Waals surface area contributed by atoms with Gasteiger partial charge in [-0.3, -0.25) is 0 Å². The number of alkyl halides is 3. The second kappa shape index (κ2) is 7.47. The maximum Gasteiger partial charge on any atom is 0.392 e. The average molecular weight is 346 g/mol. The molecule has 2 aromatic carbocycles. The van der Waals surface area contributed by atoms with E-state index in [9.17, 15) is 13.2 Å².